The van der Waals surface area contributed by atoms with E-state index in [4.69, 9.17) is 0 Å². The summed E-state index contributed by atoms with van der Waals surface area (Å²) in [5, 5.41) is 15.5. The lowest BCUT2D eigenvalue weighted by atomic mass is 10.1. The second-order valence-electron chi connectivity index (χ2n) is 5.48. The summed E-state index contributed by atoms with van der Waals surface area (Å²) < 4.78 is 1.88. The van der Waals surface area contributed by atoms with E-state index >= 15 is 0 Å². The molecule has 0 aliphatic rings. The summed E-state index contributed by atoms with van der Waals surface area (Å²) in [5.74, 6) is 0.288. The molecule has 1 heterocycles. The maximum Gasteiger partial charge on any atom is 0.164 e. The van der Waals surface area contributed by atoms with Crippen molar-refractivity contribution in [3.8, 4) is 17.0 Å². The van der Waals surface area contributed by atoms with Crippen molar-refractivity contribution in [3.05, 3.63) is 30.0 Å². The molecule has 1 aromatic heterocycles. The van der Waals surface area contributed by atoms with E-state index in [1.165, 1.54) is 0 Å². The van der Waals surface area contributed by atoms with Crippen LogP contribution in [0.25, 0.3) is 11.3 Å². The van der Waals surface area contributed by atoms with Crippen LogP contribution in [-0.2, 0) is 0 Å². The maximum atomic E-state index is 10.4. The fourth-order valence-corrected chi connectivity index (χ4v) is 3.17. The van der Waals surface area contributed by atoms with Gasteiger partial charge in [-0.05, 0) is 26.8 Å². The molecule has 0 saturated heterocycles. The summed E-state index contributed by atoms with van der Waals surface area (Å²) in [6, 6.07) is 8.36. The van der Waals surface area contributed by atoms with Crippen molar-refractivity contribution in [1.82, 2.24) is 9.78 Å². The zero-order valence-corrected chi connectivity index (χ0v) is 13.5. The molecule has 0 saturated carbocycles. The summed E-state index contributed by atoms with van der Waals surface area (Å²) >= 11 is 1.79. The molecule has 4 heteroatoms. The highest BCUT2D eigenvalue weighted by molar-refractivity contribution is 8.00. The highest BCUT2D eigenvalue weighted by Gasteiger charge is 2.19. The Balaban J connectivity index is 2.54. The van der Waals surface area contributed by atoms with Gasteiger partial charge in [0.1, 0.15) is 5.69 Å². The Morgan fingerprint density at radius 3 is 2.35 bits per heavy atom. The molecular formula is C16H22N2OS. The number of rotatable bonds is 4. The number of nitrogens with zero attached hydrogens (tertiary/aromatic N) is 2. The first-order valence-electron chi connectivity index (χ1n) is 6.96. The third-order valence-electron chi connectivity index (χ3n) is 3.11. The first kappa shape index (κ1) is 15.0. The van der Waals surface area contributed by atoms with Crippen molar-refractivity contribution < 1.29 is 5.11 Å². The van der Waals surface area contributed by atoms with Crippen molar-refractivity contribution >= 4 is 11.8 Å². The van der Waals surface area contributed by atoms with Gasteiger partial charge in [-0.15, -0.1) is 11.8 Å². The molecule has 1 N–H and O–H groups in total. The maximum absolute atomic E-state index is 10.4. The van der Waals surface area contributed by atoms with Gasteiger partial charge in [-0.3, -0.25) is 4.68 Å². The summed E-state index contributed by atoms with van der Waals surface area (Å²) in [5.41, 5.74) is 2.51. The van der Waals surface area contributed by atoms with E-state index in [0.29, 0.717) is 10.9 Å². The van der Waals surface area contributed by atoms with E-state index < -0.39 is 0 Å². The zero-order chi connectivity index (χ0) is 14.9. The quantitative estimate of drug-likeness (QED) is 0.833. The topological polar surface area (TPSA) is 38.1 Å². The Labute approximate surface area is 125 Å². The molecule has 0 unspecified atom stereocenters. The van der Waals surface area contributed by atoms with E-state index in [0.717, 1.165) is 16.2 Å². The smallest absolute Gasteiger partial charge is 0.164 e. The first-order valence-corrected chi connectivity index (χ1v) is 7.84. The molecule has 0 aliphatic carbocycles. The minimum Gasteiger partial charge on any atom is -0.504 e. The van der Waals surface area contributed by atoms with Crippen molar-refractivity contribution in [3.63, 3.8) is 0 Å². The molecule has 0 radical (unpaired) electrons. The minimum absolute atomic E-state index is 0.236. The highest BCUT2D eigenvalue weighted by atomic mass is 32.2. The van der Waals surface area contributed by atoms with Gasteiger partial charge in [-0.2, -0.15) is 5.10 Å². The summed E-state index contributed by atoms with van der Waals surface area (Å²) in [6.07, 6.45) is 0. The monoisotopic (exact) mass is 290 g/mol. The molecule has 0 atom stereocenters. The van der Waals surface area contributed by atoms with Crippen LogP contribution in [0, 0.1) is 6.92 Å². The van der Waals surface area contributed by atoms with Gasteiger partial charge in [0.05, 0.1) is 5.69 Å². The number of aromatic nitrogens is 2. The molecule has 0 amide bonds. The number of hydrogen-bond donors (Lipinski definition) is 1. The van der Waals surface area contributed by atoms with Crippen LogP contribution in [0.2, 0.25) is 0 Å². The van der Waals surface area contributed by atoms with Crippen molar-refractivity contribution in [2.45, 2.75) is 50.8 Å². The molecule has 108 valence electrons. The average Bonchev–Trinajstić information content (AvgIpc) is 2.67. The second kappa shape index (κ2) is 5.92. The Bertz CT molecular complexity index is 603. The van der Waals surface area contributed by atoms with Gasteiger partial charge in [0.2, 0.25) is 0 Å². The lowest BCUT2D eigenvalue weighted by molar-refractivity contribution is 0.461. The lowest BCUT2D eigenvalue weighted by Gasteiger charge is -2.10. The number of benzene rings is 1. The van der Waals surface area contributed by atoms with Crippen LogP contribution in [0.5, 0.6) is 5.75 Å². The summed E-state index contributed by atoms with van der Waals surface area (Å²) in [6.45, 7) is 10.4. The van der Waals surface area contributed by atoms with E-state index in [9.17, 15) is 5.11 Å². The normalized spacial score (nSPS) is 11.6. The van der Waals surface area contributed by atoms with Crippen molar-refractivity contribution in [2.24, 2.45) is 0 Å². The molecule has 3 nitrogen and oxygen atoms in total. The van der Waals surface area contributed by atoms with Crippen LogP contribution in [0.4, 0.5) is 0 Å². The van der Waals surface area contributed by atoms with Gasteiger partial charge >= 0.3 is 0 Å². The highest BCUT2D eigenvalue weighted by Crippen LogP contribution is 2.38. The molecule has 2 rings (SSSR count). The minimum atomic E-state index is 0.236. The SMILES string of the molecule is Cc1c(O)c(-c2ccccc2SC(C)C)nn1C(C)C. The van der Waals surface area contributed by atoms with Gasteiger partial charge < -0.3 is 5.11 Å². The van der Waals surface area contributed by atoms with Crippen LogP contribution in [0.15, 0.2) is 29.2 Å². The third-order valence-corrected chi connectivity index (χ3v) is 4.19. The summed E-state index contributed by atoms with van der Waals surface area (Å²) in [4.78, 5) is 1.16. The van der Waals surface area contributed by atoms with Gasteiger partial charge in [0, 0.05) is 21.8 Å². The van der Waals surface area contributed by atoms with Crippen LogP contribution in [-0.4, -0.2) is 20.1 Å². The number of thioether (sulfide) groups is 1. The molecule has 1 aromatic carbocycles. The van der Waals surface area contributed by atoms with Gasteiger partial charge in [0.15, 0.2) is 5.75 Å². The lowest BCUT2D eigenvalue weighted by Crippen LogP contribution is -2.04. The Morgan fingerprint density at radius 2 is 1.80 bits per heavy atom. The van der Waals surface area contributed by atoms with Gasteiger partial charge in [0.25, 0.3) is 0 Å². The van der Waals surface area contributed by atoms with E-state index in [1.54, 1.807) is 11.8 Å². The molecule has 2 aromatic rings. The second-order valence-corrected chi connectivity index (χ2v) is 7.10. The van der Waals surface area contributed by atoms with Crippen molar-refractivity contribution in [2.75, 3.05) is 0 Å². The first-order chi connectivity index (χ1) is 9.41. The van der Waals surface area contributed by atoms with E-state index in [-0.39, 0.29) is 11.8 Å². The predicted octanol–water partition coefficient (Wildman–Crippen LogP) is 4.65. The van der Waals surface area contributed by atoms with Crippen LogP contribution in [0.1, 0.15) is 39.4 Å². The van der Waals surface area contributed by atoms with E-state index in [2.05, 4.69) is 38.9 Å². The van der Waals surface area contributed by atoms with Gasteiger partial charge in [-0.1, -0.05) is 32.0 Å². The Kier molecular flexibility index (Phi) is 4.43. The van der Waals surface area contributed by atoms with Crippen molar-refractivity contribution in [1.29, 1.82) is 0 Å². The molecule has 0 fully saturated rings. The number of aromatic hydroxyl groups is 1. The van der Waals surface area contributed by atoms with Crippen LogP contribution >= 0.6 is 11.8 Å². The molecule has 0 bridgehead atoms. The summed E-state index contributed by atoms with van der Waals surface area (Å²) in [7, 11) is 0. The van der Waals surface area contributed by atoms with E-state index in [1.807, 2.05) is 29.8 Å². The largest absolute Gasteiger partial charge is 0.504 e. The number of hydrogen-bond acceptors (Lipinski definition) is 3. The molecule has 20 heavy (non-hydrogen) atoms. The molecular weight excluding hydrogens is 268 g/mol. The van der Waals surface area contributed by atoms with Crippen LogP contribution in [0.3, 0.4) is 0 Å². The zero-order valence-electron chi connectivity index (χ0n) is 12.7. The predicted molar refractivity (Wildman–Crippen MR) is 85.4 cm³/mol. The fourth-order valence-electron chi connectivity index (χ4n) is 2.21. The molecule has 0 spiro atoms. The standard InChI is InChI=1S/C16H22N2OS/c1-10(2)18-12(5)16(19)15(17-18)13-8-6-7-9-14(13)20-11(3)4/h6-11,19H,1-5H3. The Morgan fingerprint density at radius 1 is 1.15 bits per heavy atom. The molecule has 0 aliphatic heterocycles. The van der Waals surface area contributed by atoms with Gasteiger partial charge in [-0.25, -0.2) is 0 Å². The van der Waals surface area contributed by atoms with Crippen LogP contribution < -0.4 is 0 Å². The Hall–Kier alpha value is -1.42. The average molecular weight is 290 g/mol. The third kappa shape index (κ3) is 2.85. The fraction of sp³-hybridized carbons (Fsp3) is 0.438.